The Morgan fingerprint density at radius 1 is 1.14 bits per heavy atom. The summed E-state index contributed by atoms with van der Waals surface area (Å²) in [5.41, 5.74) is -0.0365. The van der Waals surface area contributed by atoms with E-state index in [0.717, 1.165) is 0 Å². The van der Waals surface area contributed by atoms with Gasteiger partial charge in [0.05, 0.1) is 17.7 Å². The number of carbonyl (C=O) groups is 1. The van der Waals surface area contributed by atoms with Gasteiger partial charge in [0.2, 0.25) is 3.79 Å². The van der Waals surface area contributed by atoms with Crippen LogP contribution in [0.3, 0.4) is 0 Å². The standard InChI is InChI=1S/C17H15Cl3N4O4S/c1-28-13-9-5-3-7-11(13)21-16(29)23-15(17(18,19)20)22-14(25)10-6-2-4-8-12(10)24(26)27/h2-9,15H,1H3,(H,22,25)(H2,21,23,29)/t15-/m0/s1. The number of alkyl halides is 3. The van der Waals surface area contributed by atoms with Gasteiger partial charge in [0.1, 0.15) is 17.5 Å². The molecule has 154 valence electrons. The molecule has 0 aliphatic rings. The molecule has 0 aliphatic heterocycles. The number of halogens is 3. The lowest BCUT2D eigenvalue weighted by molar-refractivity contribution is -0.385. The molecule has 0 aliphatic carbocycles. The summed E-state index contributed by atoms with van der Waals surface area (Å²) in [6.07, 6.45) is -1.30. The highest BCUT2D eigenvalue weighted by Crippen LogP contribution is 2.30. The Balaban J connectivity index is 2.17. The fourth-order valence-corrected chi connectivity index (χ4v) is 2.83. The third-order valence-corrected chi connectivity index (χ3v) is 4.45. The third kappa shape index (κ3) is 6.33. The number of ether oxygens (including phenoxy) is 1. The topological polar surface area (TPSA) is 106 Å². The number of hydrogen-bond donors (Lipinski definition) is 3. The number of hydrogen-bond acceptors (Lipinski definition) is 5. The van der Waals surface area contributed by atoms with Crippen molar-refractivity contribution in [2.24, 2.45) is 0 Å². The molecule has 2 aromatic rings. The molecule has 29 heavy (non-hydrogen) atoms. The van der Waals surface area contributed by atoms with E-state index in [1.54, 1.807) is 24.3 Å². The smallest absolute Gasteiger partial charge is 0.282 e. The Bertz CT molecular complexity index is 924. The van der Waals surface area contributed by atoms with Gasteiger partial charge in [0, 0.05) is 6.07 Å². The summed E-state index contributed by atoms with van der Waals surface area (Å²) in [6.45, 7) is 0. The van der Waals surface area contributed by atoms with Crippen LogP contribution in [0.1, 0.15) is 10.4 Å². The van der Waals surface area contributed by atoms with Crippen molar-refractivity contribution in [3.05, 3.63) is 64.2 Å². The van der Waals surface area contributed by atoms with Gasteiger partial charge >= 0.3 is 0 Å². The Labute approximate surface area is 186 Å². The molecule has 0 aromatic heterocycles. The van der Waals surface area contributed by atoms with Crippen LogP contribution in [0.4, 0.5) is 11.4 Å². The molecule has 0 heterocycles. The van der Waals surface area contributed by atoms with Crippen LogP contribution in [0.2, 0.25) is 0 Å². The van der Waals surface area contributed by atoms with Crippen LogP contribution in [0, 0.1) is 10.1 Å². The monoisotopic (exact) mass is 476 g/mol. The molecule has 0 spiro atoms. The molecular formula is C17H15Cl3N4O4S. The average molecular weight is 478 g/mol. The Hall–Kier alpha value is -2.33. The first-order valence-electron chi connectivity index (χ1n) is 7.95. The van der Waals surface area contributed by atoms with Crippen molar-refractivity contribution in [1.29, 1.82) is 0 Å². The van der Waals surface area contributed by atoms with E-state index in [4.69, 9.17) is 51.8 Å². The highest BCUT2D eigenvalue weighted by molar-refractivity contribution is 7.80. The van der Waals surface area contributed by atoms with Crippen molar-refractivity contribution in [3.8, 4) is 5.75 Å². The van der Waals surface area contributed by atoms with Gasteiger partial charge in [-0.2, -0.15) is 0 Å². The van der Waals surface area contributed by atoms with E-state index < -0.39 is 20.8 Å². The number of nitrogens with zero attached hydrogens (tertiary/aromatic N) is 1. The van der Waals surface area contributed by atoms with E-state index in [1.165, 1.54) is 31.4 Å². The van der Waals surface area contributed by atoms with Crippen LogP contribution in [0.15, 0.2) is 48.5 Å². The fourth-order valence-electron chi connectivity index (χ4n) is 2.27. The molecule has 12 heteroatoms. The molecular weight excluding hydrogens is 463 g/mol. The Morgan fingerprint density at radius 2 is 1.76 bits per heavy atom. The van der Waals surface area contributed by atoms with E-state index >= 15 is 0 Å². The number of amides is 1. The Kier molecular flexibility index (Phi) is 7.86. The van der Waals surface area contributed by atoms with Crippen molar-refractivity contribution in [2.45, 2.75) is 9.96 Å². The molecule has 8 nitrogen and oxygen atoms in total. The summed E-state index contributed by atoms with van der Waals surface area (Å²) in [4.78, 5) is 23.0. The summed E-state index contributed by atoms with van der Waals surface area (Å²) in [5.74, 6) is -0.299. The number of anilines is 1. The van der Waals surface area contributed by atoms with Gasteiger partial charge < -0.3 is 20.7 Å². The van der Waals surface area contributed by atoms with Crippen molar-refractivity contribution in [1.82, 2.24) is 10.6 Å². The van der Waals surface area contributed by atoms with E-state index in [-0.39, 0.29) is 16.4 Å². The van der Waals surface area contributed by atoms with Crippen LogP contribution in [0.25, 0.3) is 0 Å². The molecule has 0 bridgehead atoms. The largest absolute Gasteiger partial charge is 0.495 e. The number of rotatable bonds is 6. The van der Waals surface area contributed by atoms with Crippen molar-refractivity contribution >= 4 is 69.4 Å². The van der Waals surface area contributed by atoms with Gasteiger partial charge in [-0.3, -0.25) is 14.9 Å². The predicted molar refractivity (Wildman–Crippen MR) is 117 cm³/mol. The van der Waals surface area contributed by atoms with Crippen LogP contribution in [-0.2, 0) is 0 Å². The lowest BCUT2D eigenvalue weighted by Gasteiger charge is -2.28. The molecule has 0 radical (unpaired) electrons. The van der Waals surface area contributed by atoms with E-state index in [0.29, 0.717) is 11.4 Å². The second-order valence-electron chi connectivity index (χ2n) is 5.52. The normalized spacial score (nSPS) is 11.9. The van der Waals surface area contributed by atoms with Crippen LogP contribution >= 0.6 is 47.0 Å². The highest BCUT2D eigenvalue weighted by Gasteiger charge is 2.36. The zero-order valence-corrected chi connectivity index (χ0v) is 17.9. The predicted octanol–water partition coefficient (Wildman–Crippen LogP) is 4.02. The average Bonchev–Trinajstić information content (AvgIpc) is 2.67. The van der Waals surface area contributed by atoms with Crippen molar-refractivity contribution in [2.75, 3.05) is 12.4 Å². The molecule has 1 atom stereocenters. The van der Waals surface area contributed by atoms with Gasteiger partial charge in [-0.15, -0.1) is 0 Å². The maximum atomic E-state index is 12.6. The molecule has 2 aromatic carbocycles. The van der Waals surface area contributed by atoms with Crippen LogP contribution < -0.4 is 20.7 Å². The Morgan fingerprint density at radius 3 is 2.38 bits per heavy atom. The highest BCUT2D eigenvalue weighted by atomic mass is 35.6. The van der Waals surface area contributed by atoms with Gasteiger partial charge in [0.25, 0.3) is 11.6 Å². The summed E-state index contributed by atoms with van der Waals surface area (Å²) in [6, 6.07) is 12.4. The molecule has 0 unspecified atom stereocenters. The number of nitro groups is 1. The van der Waals surface area contributed by atoms with E-state index in [2.05, 4.69) is 16.0 Å². The summed E-state index contributed by atoms with van der Waals surface area (Å²) < 4.78 is 3.19. The van der Waals surface area contributed by atoms with Gasteiger partial charge in [-0.05, 0) is 30.4 Å². The summed E-state index contributed by atoms with van der Waals surface area (Å²) in [5, 5.41) is 19.1. The minimum absolute atomic E-state index is 0.0219. The minimum atomic E-state index is -2.02. The minimum Gasteiger partial charge on any atom is -0.495 e. The molecule has 2 rings (SSSR count). The molecule has 0 saturated heterocycles. The lowest BCUT2D eigenvalue weighted by atomic mass is 10.1. The number of benzene rings is 2. The number of carbonyl (C=O) groups excluding carboxylic acids is 1. The first-order valence-corrected chi connectivity index (χ1v) is 9.49. The molecule has 0 fully saturated rings. The van der Waals surface area contributed by atoms with Crippen LogP contribution in [-0.4, -0.2) is 33.0 Å². The zero-order chi connectivity index (χ0) is 21.6. The number of para-hydroxylation sites is 3. The first-order chi connectivity index (χ1) is 13.6. The third-order valence-electron chi connectivity index (χ3n) is 3.58. The van der Waals surface area contributed by atoms with E-state index in [1.807, 2.05) is 0 Å². The van der Waals surface area contributed by atoms with Gasteiger partial charge in [0.15, 0.2) is 5.11 Å². The van der Waals surface area contributed by atoms with Crippen molar-refractivity contribution in [3.63, 3.8) is 0 Å². The second-order valence-corrected chi connectivity index (χ2v) is 8.30. The summed E-state index contributed by atoms with van der Waals surface area (Å²) in [7, 11) is 1.49. The number of nitro benzene ring substituents is 1. The number of thiocarbonyl (C=S) groups is 1. The van der Waals surface area contributed by atoms with Gasteiger partial charge in [-0.25, -0.2) is 0 Å². The second kappa shape index (κ2) is 9.93. The first kappa shape index (κ1) is 23.0. The maximum Gasteiger partial charge on any atom is 0.282 e. The van der Waals surface area contributed by atoms with Crippen LogP contribution in [0.5, 0.6) is 5.75 Å². The molecule has 3 N–H and O–H groups in total. The quantitative estimate of drug-likeness (QED) is 0.190. The van der Waals surface area contributed by atoms with Gasteiger partial charge in [-0.1, -0.05) is 59.1 Å². The summed E-state index contributed by atoms with van der Waals surface area (Å²) >= 11 is 23.1. The lowest BCUT2D eigenvalue weighted by Crippen LogP contribution is -2.56. The maximum absolute atomic E-state index is 12.6. The zero-order valence-electron chi connectivity index (χ0n) is 14.8. The SMILES string of the molecule is COc1ccccc1NC(=S)N[C@H](NC(=O)c1ccccc1[N+](=O)[O-])C(Cl)(Cl)Cl. The van der Waals surface area contributed by atoms with E-state index in [9.17, 15) is 14.9 Å². The molecule has 0 saturated carbocycles. The molecule has 1 amide bonds. The van der Waals surface area contributed by atoms with Crippen molar-refractivity contribution < 1.29 is 14.5 Å². The fraction of sp³-hybridized carbons (Fsp3) is 0.176. The number of nitrogens with one attached hydrogen (secondary N) is 3. The number of methoxy groups -OCH3 is 1.